The summed E-state index contributed by atoms with van der Waals surface area (Å²) < 4.78 is 0. The fourth-order valence-corrected chi connectivity index (χ4v) is 2.80. The summed E-state index contributed by atoms with van der Waals surface area (Å²) >= 11 is 1.88. The van der Waals surface area contributed by atoms with Gasteiger partial charge in [-0.15, -0.1) is 11.8 Å². The molecule has 1 heterocycles. The molecule has 5 heteroatoms. The minimum absolute atomic E-state index is 0.251. The molecule has 0 radical (unpaired) electrons. The van der Waals surface area contributed by atoms with Crippen molar-refractivity contribution in [1.29, 1.82) is 0 Å². The summed E-state index contributed by atoms with van der Waals surface area (Å²) in [5, 5.41) is 11.7. The van der Waals surface area contributed by atoms with Crippen molar-refractivity contribution in [1.82, 2.24) is 0 Å². The number of carboxylic acid groups (broad SMARTS) is 1. The first kappa shape index (κ1) is 12.3. The number of thioether (sulfide) groups is 1. The third-order valence-electron chi connectivity index (χ3n) is 2.75. The minimum atomic E-state index is -0.981. The lowest BCUT2D eigenvalue weighted by atomic mass is 10.1. The summed E-state index contributed by atoms with van der Waals surface area (Å²) in [6.07, 6.45) is 2.30. The molecule has 4 N–H and O–H groups in total. The largest absolute Gasteiger partial charge is 0.480 e. The van der Waals surface area contributed by atoms with Gasteiger partial charge in [0.25, 0.3) is 0 Å². The molecule has 0 saturated heterocycles. The second-order valence-electron chi connectivity index (χ2n) is 4.10. The molecule has 1 aliphatic rings. The highest BCUT2D eigenvalue weighted by atomic mass is 32.2. The standard InChI is InChI=1S/C12H16N2O2S/c13-10(12(15)16)7-14-9-3-4-11-8(6-9)2-1-5-17-11/h3-4,6,10,14H,1-2,5,7,13H2,(H,15,16). The van der Waals surface area contributed by atoms with E-state index in [1.54, 1.807) is 0 Å². The Labute approximate surface area is 105 Å². The van der Waals surface area contributed by atoms with E-state index in [9.17, 15) is 4.79 Å². The Morgan fingerprint density at radius 3 is 3.18 bits per heavy atom. The molecule has 17 heavy (non-hydrogen) atoms. The van der Waals surface area contributed by atoms with Crippen molar-refractivity contribution < 1.29 is 9.90 Å². The van der Waals surface area contributed by atoms with Crippen LogP contribution in [-0.2, 0) is 11.2 Å². The number of nitrogens with two attached hydrogens (primary N) is 1. The fraction of sp³-hybridized carbons (Fsp3) is 0.417. The van der Waals surface area contributed by atoms with Crippen LogP contribution in [0.1, 0.15) is 12.0 Å². The van der Waals surface area contributed by atoms with Crippen LogP contribution in [0, 0.1) is 0 Å². The van der Waals surface area contributed by atoms with Crippen LogP contribution in [0.25, 0.3) is 0 Å². The molecule has 2 rings (SSSR count). The van der Waals surface area contributed by atoms with E-state index < -0.39 is 12.0 Å². The number of aryl methyl sites for hydroxylation is 1. The molecule has 0 aromatic heterocycles. The quantitative estimate of drug-likeness (QED) is 0.758. The lowest BCUT2D eigenvalue weighted by molar-refractivity contribution is -0.138. The summed E-state index contributed by atoms with van der Waals surface area (Å²) in [5.41, 5.74) is 7.73. The molecule has 0 fully saturated rings. The molecule has 1 aliphatic heterocycles. The van der Waals surface area contributed by atoms with Crippen molar-refractivity contribution in [3.8, 4) is 0 Å². The zero-order valence-electron chi connectivity index (χ0n) is 9.48. The van der Waals surface area contributed by atoms with Crippen molar-refractivity contribution in [3.05, 3.63) is 23.8 Å². The van der Waals surface area contributed by atoms with E-state index in [2.05, 4.69) is 17.4 Å². The van der Waals surface area contributed by atoms with Gasteiger partial charge >= 0.3 is 5.97 Å². The van der Waals surface area contributed by atoms with E-state index in [4.69, 9.17) is 10.8 Å². The van der Waals surface area contributed by atoms with Gasteiger partial charge < -0.3 is 16.2 Å². The topological polar surface area (TPSA) is 75.3 Å². The van der Waals surface area contributed by atoms with Crippen LogP contribution in [0.3, 0.4) is 0 Å². The van der Waals surface area contributed by atoms with Crippen molar-refractivity contribution in [3.63, 3.8) is 0 Å². The van der Waals surface area contributed by atoms with Gasteiger partial charge in [0.2, 0.25) is 0 Å². The first-order chi connectivity index (χ1) is 8.16. The number of nitrogens with one attached hydrogen (secondary N) is 1. The highest BCUT2D eigenvalue weighted by Gasteiger charge is 2.12. The van der Waals surface area contributed by atoms with Gasteiger partial charge in [-0.1, -0.05) is 0 Å². The maximum atomic E-state index is 10.6. The Balaban J connectivity index is 2.00. The molecule has 0 spiro atoms. The molecule has 1 unspecified atom stereocenters. The van der Waals surface area contributed by atoms with Gasteiger partial charge in [-0.05, 0) is 42.4 Å². The Kier molecular flexibility index (Phi) is 3.91. The number of rotatable bonds is 4. The Hall–Kier alpha value is -1.20. The number of hydrogen-bond donors (Lipinski definition) is 3. The molecule has 1 aromatic carbocycles. The van der Waals surface area contributed by atoms with Crippen LogP contribution in [0.4, 0.5) is 5.69 Å². The number of benzene rings is 1. The van der Waals surface area contributed by atoms with Gasteiger partial charge in [-0.2, -0.15) is 0 Å². The van der Waals surface area contributed by atoms with E-state index in [0.717, 1.165) is 12.1 Å². The summed E-state index contributed by atoms with van der Waals surface area (Å²) in [6.45, 7) is 0.251. The van der Waals surface area contributed by atoms with E-state index >= 15 is 0 Å². The van der Waals surface area contributed by atoms with Gasteiger partial charge in [0.15, 0.2) is 0 Å². The zero-order chi connectivity index (χ0) is 12.3. The first-order valence-electron chi connectivity index (χ1n) is 5.65. The van der Waals surface area contributed by atoms with Crippen LogP contribution in [0.15, 0.2) is 23.1 Å². The molecular formula is C12H16N2O2S. The molecule has 1 aromatic rings. The van der Waals surface area contributed by atoms with Crippen molar-refractivity contribution in [2.24, 2.45) is 5.73 Å². The van der Waals surface area contributed by atoms with Crippen LogP contribution in [-0.4, -0.2) is 29.4 Å². The van der Waals surface area contributed by atoms with Crippen LogP contribution in [0.5, 0.6) is 0 Å². The smallest absolute Gasteiger partial charge is 0.322 e. The monoisotopic (exact) mass is 252 g/mol. The average molecular weight is 252 g/mol. The summed E-state index contributed by atoms with van der Waals surface area (Å²) in [7, 11) is 0. The average Bonchev–Trinajstić information content (AvgIpc) is 2.35. The van der Waals surface area contributed by atoms with E-state index in [-0.39, 0.29) is 6.54 Å². The van der Waals surface area contributed by atoms with E-state index in [0.29, 0.717) is 0 Å². The molecule has 0 aliphatic carbocycles. The molecule has 92 valence electrons. The fourth-order valence-electron chi connectivity index (χ4n) is 1.79. The van der Waals surface area contributed by atoms with E-state index in [1.807, 2.05) is 17.8 Å². The van der Waals surface area contributed by atoms with Crippen molar-refractivity contribution in [2.75, 3.05) is 17.6 Å². The van der Waals surface area contributed by atoms with Gasteiger partial charge in [0, 0.05) is 17.1 Å². The highest BCUT2D eigenvalue weighted by Crippen LogP contribution is 2.31. The van der Waals surface area contributed by atoms with Crippen molar-refractivity contribution in [2.45, 2.75) is 23.8 Å². The predicted octanol–water partition coefficient (Wildman–Crippen LogP) is 1.55. The maximum absolute atomic E-state index is 10.6. The third kappa shape index (κ3) is 3.14. The number of aliphatic carboxylic acids is 1. The van der Waals surface area contributed by atoms with Gasteiger partial charge in [-0.25, -0.2) is 0 Å². The molecule has 0 amide bonds. The molecule has 4 nitrogen and oxygen atoms in total. The molecule has 0 bridgehead atoms. The summed E-state index contributed by atoms with van der Waals surface area (Å²) in [5.74, 6) is 0.204. The molecule has 0 saturated carbocycles. The van der Waals surface area contributed by atoms with Crippen LogP contribution in [0.2, 0.25) is 0 Å². The SMILES string of the molecule is NC(CNc1ccc2c(c1)CCCS2)C(=O)O. The second-order valence-corrected chi connectivity index (χ2v) is 5.24. The number of fused-ring (bicyclic) bond motifs is 1. The Morgan fingerprint density at radius 2 is 2.41 bits per heavy atom. The van der Waals surface area contributed by atoms with Crippen LogP contribution >= 0.6 is 11.8 Å². The Morgan fingerprint density at radius 1 is 1.59 bits per heavy atom. The second kappa shape index (κ2) is 5.42. The van der Waals surface area contributed by atoms with Crippen molar-refractivity contribution >= 4 is 23.4 Å². The highest BCUT2D eigenvalue weighted by molar-refractivity contribution is 7.99. The van der Waals surface area contributed by atoms with Crippen LogP contribution < -0.4 is 11.1 Å². The lowest BCUT2D eigenvalue weighted by Crippen LogP contribution is -2.36. The van der Waals surface area contributed by atoms with Gasteiger partial charge in [0.05, 0.1) is 0 Å². The number of anilines is 1. The maximum Gasteiger partial charge on any atom is 0.322 e. The summed E-state index contributed by atoms with van der Waals surface area (Å²) in [6, 6.07) is 5.30. The molecular weight excluding hydrogens is 236 g/mol. The number of carbonyl (C=O) groups is 1. The molecule has 1 atom stereocenters. The van der Waals surface area contributed by atoms with E-state index in [1.165, 1.54) is 22.6 Å². The zero-order valence-corrected chi connectivity index (χ0v) is 10.3. The summed E-state index contributed by atoms with van der Waals surface area (Å²) in [4.78, 5) is 11.9. The minimum Gasteiger partial charge on any atom is -0.480 e. The van der Waals surface area contributed by atoms with Gasteiger partial charge in [-0.3, -0.25) is 4.79 Å². The normalized spacial score (nSPS) is 16.1. The third-order valence-corrected chi connectivity index (χ3v) is 3.95. The lowest BCUT2D eigenvalue weighted by Gasteiger charge is -2.17. The first-order valence-corrected chi connectivity index (χ1v) is 6.63. The number of carboxylic acids is 1. The predicted molar refractivity (Wildman–Crippen MR) is 69.6 cm³/mol. The van der Waals surface area contributed by atoms with Gasteiger partial charge in [0.1, 0.15) is 6.04 Å². The Bertz CT molecular complexity index is 423. The number of hydrogen-bond acceptors (Lipinski definition) is 4.